The number of hydrogen-bond donors (Lipinski definition) is 2. The third-order valence-corrected chi connectivity index (χ3v) is 3.08. The molecule has 0 radical (unpaired) electrons. The van der Waals surface area contributed by atoms with Crippen molar-refractivity contribution in [3.63, 3.8) is 0 Å². The number of methoxy groups -OCH3 is 1. The molecule has 0 heterocycles. The van der Waals surface area contributed by atoms with E-state index in [0.29, 0.717) is 17.5 Å². The van der Waals surface area contributed by atoms with Gasteiger partial charge in [-0.2, -0.15) is 0 Å². The molecule has 0 spiro atoms. The lowest BCUT2D eigenvalue weighted by atomic mass is 10.1. The van der Waals surface area contributed by atoms with E-state index < -0.39 is 0 Å². The number of benzene rings is 1. The number of amides is 1. The largest absolute Gasteiger partial charge is 0.496 e. The van der Waals surface area contributed by atoms with Gasteiger partial charge in [-0.3, -0.25) is 4.79 Å². The van der Waals surface area contributed by atoms with Gasteiger partial charge in [-0.25, -0.2) is 0 Å². The molecule has 0 fully saturated rings. The molecular formula is C13H17BrN2O2S. The molecule has 1 aromatic carbocycles. The van der Waals surface area contributed by atoms with E-state index in [1.54, 1.807) is 7.11 Å². The number of hydrogen-bond acceptors (Lipinski definition) is 3. The summed E-state index contributed by atoms with van der Waals surface area (Å²) in [5, 5.41) is 5.89. The van der Waals surface area contributed by atoms with E-state index in [1.165, 1.54) is 0 Å². The van der Waals surface area contributed by atoms with E-state index in [1.807, 2.05) is 32.0 Å². The lowest BCUT2D eigenvalue weighted by molar-refractivity contribution is -0.120. The minimum Gasteiger partial charge on any atom is -0.496 e. The summed E-state index contributed by atoms with van der Waals surface area (Å²) in [6.07, 6.45) is 0.453. The summed E-state index contributed by atoms with van der Waals surface area (Å²) in [5.41, 5.74) is 0.780. The molecule has 0 aromatic heterocycles. The highest BCUT2D eigenvalue weighted by molar-refractivity contribution is 9.10. The second-order valence-corrected chi connectivity index (χ2v) is 5.71. The summed E-state index contributed by atoms with van der Waals surface area (Å²) in [6, 6.07) is 5.47. The van der Waals surface area contributed by atoms with E-state index in [0.717, 1.165) is 15.9 Å². The van der Waals surface area contributed by atoms with Gasteiger partial charge in [-0.15, -0.1) is 0 Å². The van der Waals surface area contributed by atoms with Crippen LogP contribution in [-0.4, -0.2) is 18.1 Å². The first-order valence-electron chi connectivity index (χ1n) is 5.86. The molecular weight excluding hydrogens is 328 g/mol. The van der Waals surface area contributed by atoms with Gasteiger partial charge in [0.05, 0.1) is 11.6 Å². The molecule has 0 saturated carbocycles. The Kier molecular flexibility index (Phi) is 6.24. The molecule has 0 aliphatic carbocycles. The number of carbonyl (C=O) groups is 1. The van der Waals surface area contributed by atoms with Crippen molar-refractivity contribution >= 4 is 44.9 Å². The van der Waals surface area contributed by atoms with Crippen LogP contribution < -0.4 is 15.4 Å². The van der Waals surface area contributed by atoms with Crippen LogP contribution >= 0.6 is 28.1 Å². The summed E-state index contributed by atoms with van der Waals surface area (Å²) in [4.78, 5) is 11.6. The molecule has 1 rings (SSSR count). The van der Waals surface area contributed by atoms with Crippen molar-refractivity contribution in [2.24, 2.45) is 5.92 Å². The number of anilines is 1. The zero-order chi connectivity index (χ0) is 14.4. The van der Waals surface area contributed by atoms with Crippen molar-refractivity contribution in [3.8, 4) is 5.75 Å². The van der Waals surface area contributed by atoms with E-state index >= 15 is 0 Å². The second-order valence-electron chi connectivity index (χ2n) is 4.45. The van der Waals surface area contributed by atoms with Crippen molar-refractivity contribution in [3.05, 3.63) is 22.7 Å². The average Bonchev–Trinajstić information content (AvgIpc) is 2.27. The van der Waals surface area contributed by atoms with E-state index in [2.05, 4.69) is 26.6 Å². The smallest absolute Gasteiger partial charge is 0.226 e. The molecule has 0 bridgehead atoms. The SMILES string of the molecule is COc1ccc(NC(=S)NC(=O)CC(C)C)cc1Br. The number of nitrogens with one attached hydrogen (secondary N) is 2. The number of thiocarbonyl (C=S) groups is 1. The van der Waals surface area contributed by atoms with Crippen LogP contribution in [-0.2, 0) is 4.79 Å². The Hall–Kier alpha value is -1.14. The van der Waals surface area contributed by atoms with Gasteiger partial charge >= 0.3 is 0 Å². The standard InChI is InChI=1S/C13H17BrN2O2S/c1-8(2)6-12(17)16-13(19)15-9-4-5-11(18-3)10(14)7-9/h4-5,7-8H,6H2,1-3H3,(H2,15,16,17,19). The fourth-order valence-corrected chi connectivity index (χ4v) is 2.23. The van der Waals surface area contributed by atoms with Gasteiger partial charge in [-0.05, 0) is 52.3 Å². The summed E-state index contributed by atoms with van der Waals surface area (Å²) in [6.45, 7) is 3.97. The van der Waals surface area contributed by atoms with Crippen molar-refractivity contribution in [2.75, 3.05) is 12.4 Å². The summed E-state index contributed by atoms with van der Waals surface area (Å²) < 4.78 is 5.95. The Morgan fingerprint density at radius 1 is 1.47 bits per heavy atom. The molecule has 4 nitrogen and oxygen atoms in total. The molecule has 1 amide bonds. The fraction of sp³-hybridized carbons (Fsp3) is 0.385. The Morgan fingerprint density at radius 3 is 2.68 bits per heavy atom. The van der Waals surface area contributed by atoms with E-state index in [4.69, 9.17) is 17.0 Å². The van der Waals surface area contributed by atoms with Crippen LogP contribution in [0.1, 0.15) is 20.3 Å². The molecule has 0 atom stereocenters. The first kappa shape index (κ1) is 15.9. The maximum absolute atomic E-state index is 11.6. The van der Waals surface area contributed by atoms with Crippen LogP contribution in [0.3, 0.4) is 0 Å². The Balaban J connectivity index is 2.57. The normalized spacial score (nSPS) is 10.2. The van der Waals surface area contributed by atoms with Gasteiger partial charge in [0.15, 0.2) is 5.11 Å². The molecule has 19 heavy (non-hydrogen) atoms. The molecule has 2 N–H and O–H groups in total. The molecule has 1 aromatic rings. The highest BCUT2D eigenvalue weighted by Gasteiger charge is 2.08. The van der Waals surface area contributed by atoms with Crippen LogP contribution in [0, 0.1) is 5.92 Å². The van der Waals surface area contributed by atoms with Crippen LogP contribution in [0.4, 0.5) is 5.69 Å². The van der Waals surface area contributed by atoms with Gasteiger partial charge in [0.25, 0.3) is 0 Å². The maximum atomic E-state index is 11.6. The number of carbonyl (C=O) groups excluding carboxylic acids is 1. The predicted octanol–water partition coefficient (Wildman–Crippen LogP) is 3.32. The predicted molar refractivity (Wildman–Crippen MR) is 84.5 cm³/mol. The molecule has 0 unspecified atom stereocenters. The lowest BCUT2D eigenvalue weighted by Crippen LogP contribution is -2.34. The van der Waals surface area contributed by atoms with Gasteiger partial charge in [-0.1, -0.05) is 13.8 Å². The van der Waals surface area contributed by atoms with E-state index in [9.17, 15) is 4.79 Å². The van der Waals surface area contributed by atoms with Crippen molar-refractivity contribution < 1.29 is 9.53 Å². The molecule has 0 aliphatic heterocycles. The third-order valence-electron chi connectivity index (χ3n) is 2.26. The van der Waals surface area contributed by atoms with Crippen LogP contribution in [0.25, 0.3) is 0 Å². The zero-order valence-corrected chi connectivity index (χ0v) is 13.5. The molecule has 0 saturated heterocycles. The summed E-state index contributed by atoms with van der Waals surface area (Å²) >= 11 is 8.47. The second kappa shape index (κ2) is 7.45. The molecule has 6 heteroatoms. The minimum absolute atomic E-state index is 0.0833. The topological polar surface area (TPSA) is 50.4 Å². The fourth-order valence-electron chi connectivity index (χ4n) is 1.45. The molecule has 104 valence electrons. The van der Waals surface area contributed by atoms with Gasteiger partial charge in [0.1, 0.15) is 5.75 Å². The van der Waals surface area contributed by atoms with Gasteiger partial charge in [0, 0.05) is 12.1 Å². The zero-order valence-electron chi connectivity index (χ0n) is 11.1. The average molecular weight is 345 g/mol. The van der Waals surface area contributed by atoms with Gasteiger partial charge < -0.3 is 15.4 Å². The Labute approximate surface area is 127 Å². The lowest BCUT2D eigenvalue weighted by Gasteiger charge is -2.11. The quantitative estimate of drug-likeness (QED) is 0.822. The number of rotatable bonds is 4. The highest BCUT2D eigenvalue weighted by atomic mass is 79.9. The highest BCUT2D eigenvalue weighted by Crippen LogP contribution is 2.27. The third kappa shape index (κ3) is 5.57. The monoisotopic (exact) mass is 344 g/mol. The summed E-state index contributed by atoms with van der Waals surface area (Å²) in [7, 11) is 1.60. The first-order valence-corrected chi connectivity index (χ1v) is 7.07. The van der Waals surface area contributed by atoms with E-state index in [-0.39, 0.29) is 5.91 Å². The maximum Gasteiger partial charge on any atom is 0.226 e. The minimum atomic E-state index is -0.0833. The first-order chi connectivity index (χ1) is 8.92. The van der Waals surface area contributed by atoms with Crippen LogP contribution in [0.2, 0.25) is 0 Å². The Bertz CT molecular complexity index is 478. The van der Waals surface area contributed by atoms with Crippen molar-refractivity contribution in [2.45, 2.75) is 20.3 Å². The Morgan fingerprint density at radius 2 is 2.16 bits per heavy atom. The van der Waals surface area contributed by atoms with Crippen LogP contribution in [0.5, 0.6) is 5.75 Å². The number of halogens is 1. The number of ether oxygens (including phenoxy) is 1. The van der Waals surface area contributed by atoms with Crippen molar-refractivity contribution in [1.82, 2.24) is 5.32 Å². The summed E-state index contributed by atoms with van der Waals surface area (Å²) in [5.74, 6) is 0.957. The van der Waals surface area contributed by atoms with Gasteiger partial charge in [0.2, 0.25) is 5.91 Å². The van der Waals surface area contributed by atoms with Crippen LogP contribution in [0.15, 0.2) is 22.7 Å². The molecule has 0 aliphatic rings. The van der Waals surface area contributed by atoms with Crippen molar-refractivity contribution in [1.29, 1.82) is 0 Å².